The Balaban J connectivity index is 2.48. The molecule has 0 radical (unpaired) electrons. The summed E-state index contributed by atoms with van der Waals surface area (Å²) in [6.07, 6.45) is 1.86. The van der Waals surface area contributed by atoms with Gasteiger partial charge in [-0.2, -0.15) is 0 Å². The van der Waals surface area contributed by atoms with Gasteiger partial charge in [-0.1, -0.05) is 26.0 Å². The fourth-order valence-electron chi connectivity index (χ4n) is 2.52. The molecular weight excluding hydrogens is 288 g/mol. The van der Waals surface area contributed by atoms with Crippen LogP contribution < -0.4 is 10.1 Å². The Morgan fingerprint density at radius 2 is 1.78 bits per heavy atom. The van der Waals surface area contributed by atoms with Gasteiger partial charge in [0.1, 0.15) is 5.75 Å². The first-order valence-corrected chi connectivity index (χ1v) is 8.59. The van der Waals surface area contributed by atoms with Crippen LogP contribution in [0.3, 0.4) is 0 Å². The van der Waals surface area contributed by atoms with Crippen LogP contribution in [-0.4, -0.2) is 36.7 Å². The molecule has 0 aromatic heterocycles. The van der Waals surface area contributed by atoms with Gasteiger partial charge in [-0.15, -0.1) is 0 Å². The molecule has 0 saturated heterocycles. The molecule has 0 unspecified atom stereocenters. The molecule has 2 amide bonds. The fourth-order valence-corrected chi connectivity index (χ4v) is 2.52. The number of benzene rings is 1. The van der Waals surface area contributed by atoms with E-state index in [0.717, 1.165) is 25.1 Å². The van der Waals surface area contributed by atoms with Crippen molar-refractivity contribution in [1.82, 2.24) is 10.2 Å². The maximum Gasteiger partial charge on any atom is 0.317 e. The second-order valence-electron chi connectivity index (χ2n) is 6.51. The molecule has 1 rings (SSSR count). The zero-order valence-electron chi connectivity index (χ0n) is 15.4. The van der Waals surface area contributed by atoms with E-state index in [2.05, 4.69) is 45.1 Å². The molecule has 0 aliphatic carbocycles. The zero-order valence-corrected chi connectivity index (χ0v) is 15.4. The summed E-state index contributed by atoms with van der Waals surface area (Å²) in [5.41, 5.74) is 1.26. The molecular formula is C19H32N2O2. The lowest BCUT2D eigenvalue weighted by Gasteiger charge is -2.32. The van der Waals surface area contributed by atoms with Gasteiger partial charge in [0, 0.05) is 18.6 Å². The Hall–Kier alpha value is -1.71. The number of methoxy groups -OCH3 is 1. The highest BCUT2D eigenvalue weighted by Gasteiger charge is 2.21. The minimum Gasteiger partial charge on any atom is -0.497 e. The number of nitrogens with one attached hydrogen (secondary N) is 1. The second-order valence-corrected chi connectivity index (χ2v) is 6.51. The van der Waals surface area contributed by atoms with E-state index in [1.165, 1.54) is 5.56 Å². The zero-order chi connectivity index (χ0) is 17.4. The van der Waals surface area contributed by atoms with Gasteiger partial charge in [0.25, 0.3) is 0 Å². The molecule has 0 aliphatic heterocycles. The number of carbonyl (C=O) groups excluding carboxylic acids is 1. The van der Waals surface area contributed by atoms with Crippen molar-refractivity contribution in [3.05, 3.63) is 29.8 Å². The summed E-state index contributed by atoms with van der Waals surface area (Å²) in [5.74, 6) is 1.33. The predicted octanol–water partition coefficient (Wildman–Crippen LogP) is 4.09. The SMILES string of the molecule is CCN(C(=O)N[C@@H](C)CCc1ccc(OC)cc1)[C@@H](C)C(C)C. The Bertz CT molecular complexity index is 471. The van der Waals surface area contributed by atoms with Gasteiger partial charge >= 0.3 is 6.03 Å². The third-order valence-electron chi connectivity index (χ3n) is 4.45. The van der Waals surface area contributed by atoms with Crippen LogP contribution in [0.25, 0.3) is 0 Å². The van der Waals surface area contributed by atoms with Gasteiger partial charge in [-0.05, 0) is 57.2 Å². The van der Waals surface area contributed by atoms with Gasteiger partial charge in [0.15, 0.2) is 0 Å². The van der Waals surface area contributed by atoms with E-state index in [9.17, 15) is 4.79 Å². The van der Waals surface area contributed by atoms with Crippen LogP contribution in [0.5, 0.6) is 5.75 Å². The Morgan fingerprint density at radius 1 is 1.17 bits per heavy atom. The van der Waals surface area contributed by atoms with Gasteiger partial charge in [0.2, 0.25) is 0 Å². The summed E-state index contributed by atoms with van der Waals surface area (Å²) >= 11 is 0. The van der Waals surface area contributed by atoms with E-state index in [1.807, 2.05) is 24.0 Å². The summed E-state index contributed by atoms with van der Waals surface area (Å²) < 4.78 is 5.17. The standard InChI is InChI=1S/C19H32N2O2/c1-7-21(16(5)14(2)3)19(22)20-15(4)8-9-17-10-12-18(23-6)13-11-17/h10-16H,7-9H2,1-6H3,(H,20,22)/t15-,16-/m0/s1. The number of hydrogen-bond donors (Lipinski definition) is 1. The molecule has 0 heterocycles. The number of rotatable bonds is 8. The van der Waals surface area contributed by atoms with E-state index in [0.29, 0.717) is 5.92 Å². The maximum absolute atomic E-state index is 12.4. The third kappa shape index (κ3) is 6.12. The first-order valence-electron chi connectivity index (χ1n) is 8.59. The van der Waals surface area contributed by atoms with Gasteiger partial charge in [-0.25, -0.2) is 4.79 Å². The van der Waals surface area contributed by atoms with Crippen molar-refractivity contribution in [2.45, 2.75) is 59.5 Å². The van der Waals surface area contributed by atoms with Crippen molar-refractivity contribution in [2.24, 2.45) is 5.92 Å². The van der Waals surface area contributed by atoms with Crippen LogP contribution in [0.15, 0.2) is 24.3 Å². The van der Waals surface area contributed by atoms with Crippen molar-refractivity contribution < 1.29 is 9.53 Å². The molecule has 23 heavy (non-hydrogen) atoms. The van der Waals surface area contributed by atoms with E-state index >= 15 is 0 Å². The normalized spacial score (nSPS) is 13.5. The molecule has 0 aliphatic rings. The van der Waals surface area contributed by atoms with Gasteiger partial charge in [0.05, 0.1) is 7.11 Å². The predicted molar refractivity (Wildman–Crippen MR) is 96.0 cm³/mol. The number of amides is 2. The molecule has 0 spiro atoms. The molecule has 1 aromatic rings. The van der Waals surface area contributed by atoms with E-state index in [4.69, 9.17) is 4.74 Å². The molecule has 1 aromatic carbocycles. The summed E-state index contributed by atoms with van der Waals surface area (Å²) in [7, 11) is 1.67. The fraction of sp³-hybridized carbons (Fsp3) is 0.632. The van der Waals surface area contributed by atoms with Crippen molar-refractivity contribution in [3.63, 3.8) is 0 Å². The average molecular weight is 320 g/mol. The number of ether oxygens (including phenoxy) is 1. The second kappa shape index (κ2) is 9.43. The Labute approximate surface area is 141 Å². The smallest absolute Gasteiger partial charge is 0.317 e. The number of hydrogen-bond acceptors (Lipinski definition) is 2. The summed E-state index contributed by atoms with van der Waals surface area (Å²) in [5, 5.41) is 3.12. The first kappa shape index (κ1) is 19.3. The lowest BCUT2D eigenvalue weighted by molar-refractivity contribution is 0.163. The monoisotopic (exact) mass is 320 g/mol. The molecule has 1 N–H and O–H groups in total. The average Bonchev–Trinajstić information content (AvgIpc) is 2.53. The Kier molecular flexibility index (Phi) is 7.93. The van der Waals surface area contributed by atoms with Gasteiger partial charge < -0.3 is 15.0 Å². The topological polar surface area (TPSA) is 41.6 Å². The first-order chi connectivity index (χ1) is 10.9. The molecule has 0 bridgehead atoms. The van der Waals surface area contributed by atoms with Crippen LogP contribution in [-0.2, 0) is 6.42 Å². The maximum atomic E-state index is 12.4. The summed E-state index contributed by atoms with van der Waals surface area (Å²) in [4.78, 5) is 14.3. The lowest BCUT2D eigenvalue weighted by atomic mass is 10.0. The van der Waals surface area contributed by atoms with Crippen LogP contribution in [0.4, 0.5) is 4.79 Å². The largest absolute Gasteiger partial charge is 0.497 e. The van der Waals surface area contributed by atoms with E-state index in [1.54, 1.807) is 7.11 Å². The molecule has 0 fully saturated rings. The number of nitrogens with zero attached hydrogens (tertiary/aromatic N) is 1. The highest BCUT2D eigenvalue weighted by atomic mass is 16.5. The van der Waals surface area contributed by atoms with Crippen LogP contribution in [0.2, 0.25) is 0 Å². The van der Waals surface area contributed by atoms with E-state index in [-0.39, 0.29) is 18.1 Å². The minimum absolute atomic E-state index is 0.0379. The van der Waals surface area contributed by atoms with Crippen LogP contribution in [0, 0.1) is 5.92 Å². The third-order valence-corrected chi connectivity index (χ3v) is 4.45. The lowest BCUT2D eigenvalue weighted by Crippen LogP contribution is -2.49. The molecule has 4 nitrogen and oxygen atoms in total. The van der Waals surface area contributed by atoms with Crippen molar-refractivity contribution >= 4 is 6.03 Å². The van der Waals surface area contributed by atoms with Crippen molar-refractivity contribution in [1.29, 1.82) is 0 Å². The number of carbonyl (C=O) groups is 1. The van der Waals surface area contributed by atoms with Crippen LogP contribution in [0.1, 0.15) is 46.6 Å². The number of aryl methyl sites for hydroxylation is 1. The summed E-state index contributed by atoms with van der Waals surface area (Å²) in [6.45, 7) is 11.2. The van der Waals surface area contributed by atoms with Crippen molar-refractivity contribution in [3.8, 4) is 5.75 Å². The molecule has 130 valence electrons. The molecule has 0 saturated carbocycles. The molecule has 2 atom stereocenters. The number of urea groups is 1. The molecule has 4 heteroatoms. The van der Waals surface area contributed by atoms with Gasteiger partial charge in [-0.3, -0.25) is 0 Å². The Morgan fingerprint density at radius 3 is 2.26 bits per heavy atom. The van der Waals surface area contributed by atoms with E-state index < -0.39 is 0 Å². The minimum atomic E-state index is 0.0379. The quantitative estimate of drug-likeness (QED) is 0.784. The summed E-state index contributed by atoms with van der Waals surface area (Å²) in [6, 6.07) is 8.53. The van der Waals surface area contributed by atoms with Crippen molar-refractivity contribution in [2.75, 3.05) is 13.7 Å². The highest BCUT2D eigenvalue weighted by Crippen LogP contribution is 2.14. The van der Waals surface area contributed by atoms with Crippen LogP contribution >= 0.6 is 0 Å². The highest BCUT2D eigenvalue weighted by molar-refractivity contribution is 5.74.